The highest BCUT2D eigenvalue weighted by Gasteiger charge is 2.56. The Morgan fingerprint density at radius 1 is 1.11 bits per heavy atom. The molecule has 100 valence electrons. The van der Waals surface area contributed by atoms with E-state index in [1.54, 1.807) is 0 Å². The number of cyclic esters (lactones) is 2. The van der Waals surface area contributed by atoms with Crippen LogP contribution in [0.15, 0.2) is 12.2 Å². The van der Waals surface area contributed by atoms with Gasteiger partial charge in [-0.2, -0.15) is 0 Å². The second-order valence-corrected chi connectivity index (χ2v) is 6.23. The topological polar surface area (TPSA) is 43.4 Å². The zero-order valence-electron chi connectivity index (χ0n) is 11.6. The van der Waals surface area contributed by atoms with Crippen LogP contribution in [0.5, 0.6) is 0 Å². The smallest absolute Gasteiger partial charge is 0.318 e. The van der Waals surface area contributed by atoms with Gasteiger partial charge in [0, 0.05) is 0 Å². The molecule has 2 aliphatic rings. The number of esters is 2. The maximum absolute atomic E-state index is 11.8. The van der Waals surface area contributed by atoms with Gasteiger partial charge < -0.3 is 4.74 Å². The Morgan fingerprint density at radius 2 is 1.72 bits per heavy atom. The summed E-state index contributed by atoms with van der Waals surface area (Å²) in [5.41, 5.74) is 0. The van der Waals surface area contributed by atoms with Gasteiger partial charge in [0.2, 0.25) is 0 Å². The molecule has 0 aromatic heterocycles. The molecule has 4 atom stereocenters. The van der Waals surface area contributed by atoms with Crippen LogP contribution in [0.25, 0.3) is 0 Å². The maximum atomic E-state index is 11.8. The first kappa shape index (κ1) is 13.3. The van der Waals surface area contributed by atoms with Gasteiger partial charge in [0.25, 0.3) is 0 Å². The Kier molecular flexibility index (Phi) is 3.60. The highest BCUT2D eigenvalue weighted by atomic mass is 16.6. The van der Waals surface area contributed by atoms with Crippen LogP contribution in [-0.4, -0.2) is 11.9 Å². The maximum Gasteiger partial charge on any atom is 0.318 e. The van der Waals surface area contributed by atoms with Crippen molar-refractivity contribution in [1.82, 2.24) is 0 Å². The fourth-order valence-electron chi connectivity index (χ4n) is 3.27. The lowest BCUT2D eigenvalue weighted by Gasteiger charge is -2.18. The summed E-state index contributed by atoms with van der Waals surface area (Å²) in [6.45, 7) is 8.46. The average molecular weight is 250 g/mol. The molecule has 0 spiro atoms. The third kappa shape index (κ3) is 2.23. The van der Waals surface area contributed by atoms with Crippen molar-refractivity contribution in [2.24, 2.45) is 35.5 Å². The fraction of sp³-hybridized carbons (Fsp3) is 0.733. The van der Waals surface area contributed by atoms with E-state index in [0.29, 0.717) is 11.8 Å². The average Bonchev–Trinajstić information content (AvgIpc) is 2.76. The van der Waals surface area contributed by atoms with Crippen LogP contribution in [0.1, 0.15) is 34.1 Å². The van der Waals surface area contributed by atoms with Crippen LogP contribution in [0.2, 0.25) is 0 Å². The predicted molar refractivity (Wildman–Crippen MR) is 68.5 cm³/mol. The summed E-state index contributed by atoms with van der Waals surface area (Å²) in [6.07, 6.45) is 5.17. The minimum Gasteiger partial charge on any atom is -0.393 e. The highest BCUT2D eigenvalue weighted by Crippen LogP contribution is 2.49. The van der Waals surface area contributed by atoms with E-state index in [4.69, 9.17) is 4.74 Å². The number of rotatable bonds is 3. The van der Waals surface area contributed by atoms with Gasteiger partial charge in [-0.05, 0) is 30.1 Å². The van der Waals surface area contributed by atoms with Gasteiger partial charge in [0.05, 0.1) is 11.8 Å². The fourth-order valence-corrected chi connectivity index (χ4v) is 3.27. The van der Waals surface area contributed by atoms with Crippen molar-refractivity contribution in [2.75, 3.05) is 0 Å². The second kappa shape index (κ2) is 4.87. The Morgan fingerprint density at radius 3 is 2.28 bits per heavy atom. The number of carbonyl (C=O) groups is 2. The lowest BCUT2D eigenvalue weighted by Crippen LogP contribution is -2.22. The zero-order chi connectivity index (χ0) is 13.4. The summed E-state index contributed by atoms with van der Waals surface area (Å²) in [6, 6.07) is 0. The second-order valence-electron chi connectivity index (χ2n) is 6.23. The van der Waals surface area contributed by atoms with E-state index in [2.05, 4.69) is 39.8 Å². The first-order valence-electron chi connectivity index (χ1n) is 6.85. The number of fused-ring (bicyclic) bond motifs is 1. The largest absolute Gasteiger partial charge is 0.393 e. The molecule has 18 heavy (non-hydrogen) atoms. The molecule has 0 aromatic rings. The summed E-state index contributed by atoms with van der Waals surface area (Å²) in [4.78, 5) is 23.6. The van der Waals surface area contributed by atoms with Crippen molar-refractivity contribution in [3.63, 3.8) is 0 Å². The number of hydrogen-bond acceptors (Lipinski definition) is 3. The molecule has 1 heterocycles. The van der Waals surface area contributed by atoms with E-state index in [1.807, 2.05) is 0 Å². The summed E-state index contributed by atoms with van der Waals surface area (Å²) < 4.78 is 4.83. The standard InChI is InChI=1S/C15H22O3/c1-8(2)5-6-10-7-11(9(3)4)13-12(10)14(16)18-15(13)17/h5-6,8-13H,7H2,1-4H3. The molecule has 0 radical (unpaired) electrons. The number of carbonyl (C=O) groups excluding carboxylic acids is 2. The van der Waals surface area contributed by atoms with Gasteiger partial charge in [-0.3, -0.25) is 9.59 Å². The number of ether oxygens (including phenoxy) is 1. The third-order valence-corrected chi connectivity index (χ3v) is 4.20. The van der Waals surface area contributed by atoms with Crippen molar-refractivity contribution in [3.8, 4) is 0 Å². The number of hydrogen-bond donors (Lipinski definition) is 0. The van der Waals surface area contributed by atoms with Gasteiger partial charge >= 0.3 is 11.9 Å². The zero-order valence-corrected chi connectivity index (χ0v) is 11.6. The molecule has 2 rings (SSSR count). The van der Waals surface area contributed by atoms with Gasteiger partial charge in [-0.25, -0.2) is 0 Å². The normalized spacial score (nSPS) is 35.9. The minimum absolute atomic E-state index is 0.170. The van der Waals surface area contributed by atoms with Crippen LogP contribution in [0.3, 0.4) is 0 Å². The van der Waals surface area contributed by atoms with Crippen LogP contribution in [-0.2, 0) is 14.3 Å². The van der Waals surface area contributed by atoms with E-state index >= 15 is 0 Å². The molecule has 1 aliphatic carbocycles. The lowest BCUT2D eigenvalue weighted by molar-refractivity contribution is -0.155. The van der Waals surface area contributed by atoms with E-state index in [9.17, 15) is 9.59 Å². The molecule has 0 amide bonds. The van der Waals surface area contributed by atoms with Gasteiger partial charge in [-0.1, -0.05) is 39.8 Å². The molecule has 3 heteroatoms. The van der Waals surface area contributed by atoms with Crippen molar-refractivity contribution >= 4 is 11.9 Å². The Hall–Kier alpha value is -1.12. The molecule has 3 nitrogen and oxygen atoms in total. The van der Waals surface area contributed by atoms with Crippen molar-refractivity contribution in [1.29, 1.82) is 0 Å². The Balaban J connectivity index is 2.24. The molecular weight excluding hydrogens is 228 g/mol. The van der Waals surface area contributed by atoms with Crippen LogP contribution < -0.4 is 0 Å². The van der Waals surface area contributed by atoms with E-state index < -0.39 is 0 Å². The SMILES string of the molecule is CC(C)C=CC1CC(C(C)C)C2C(=O)OC(=O)C12. The molecule has 1 saturated carbocycles. The summed E-state index contributed by atoms with van der Waals surface area (Å²) in [7, 11) is 0. The van der Waals surface area contributed by atoms with E-state index in [1.165, 1.54) is 0 Å². The lowest BCUT2D eigenvalue weighted by atomic mass is 9.84. The number of allylic oxidation sites excluding steroid dienone is 2. The van der Waals surface area contributed by atoms with Crippen molar-refractivity contribution in [3.05, 3.63) is 12.2 Å². The van der Waals surface area contributed by atoms with Gasteiger partial charge in [-0.15, -0.1) is 0 Å². The summed E-state index contributed by atoms with van der Waals surface area (Å²) >= 11 is 0. The predicted octanol–water partition coefficient (Wildman–Crippen LogP) is 2.81. The minimum atomic E-state index is -0.313. The molecule has 0 N–H and O–H groups in total. The Bertz CT molecular complexity index is 381. The first-order chi connectivity index (χ1) is 8.41. The monoisotopic (exact) mass is 250 g/mol. The van der Waals surface area contributed by atoms with Crippen molar-refractivity contribution < 1.29 is 14.3 Å². The Labute approximate surface area is 109 Å². The quantitative estimate of drug-likeness (QED) is 0.439. The summed E-state index contributed by atoms with van der Waals surface area (Å²) in [5.74, 6) is 0.262. The molecular formula is C15H22O3. The molecule has 0 bridgehead atoms. The van der Waals surface area contributed by atoms with E-state index in [0.717, 1.165) is 6.42 Å². The molecule has 4 unspecified atom stereocenters. The third-order valence-electron chi connectivity index (χ3n) is 4.20. The highest BCUT2D eigenvalue weighted by molar-refractivity contribution is 5.97. The molecule has 1 saturated heterocycles. The molecule has 2 fully saturated rings. The van der Waals surface area contributed by atoms with Gasteiger partial charge in [0.1, 0.15) is 0 Å². The summed E-state index contributed by atoms with van der Waals surface area (Å²) in [5, 5.41) is 0. The van der Waals surface area contributed by atoms with Crippen LogP contribution in [0, 0.1) is 35.5 Å². The van der Waals surface area contributed by atoms with Crippen LogP contribution in [0.4, 0.5) is 0 Å². The van der Waals surface area contributed by atoms with Crippen molar-refractivity contribution in [2.45, 2.75) is 34.1 Å². The van der Waals surface area contributed by atoms with E-state index in [-0.39, 0.29) is 35.6 Å². The molecule has 0 aromatic carbocycles. The van der Waals surface area contributed by atoms with Crippen LogP contribution >= 0.6 is 0 Å². The molecule has 1 aliphatic heterocycles. The van der Waals surface area contributed by atoms with Gasteiger partial charge in [0.15, 0.2) is 0 Å². The first-order valence-corrected chi connectivity index (χ1v) is 6.85.